The molecule has 6 saturated carbocycles. The van der Waals surface area contributed by atoms with Crippen LogP contribution in [-0.4, -0.2) is 80.1 Å². The van der Waals surface area contributed by atoms with Crippen LogP contribution in [0.15, 0.2) is 18.5 Å². The van der Waals surface area contributed by atoms with Gasteiger partial charge in [-0.2, -0.15) is 8.78 Å². The predicted octanol–water partition coefficient (Wildman–Crippen LogP) is 6.99. The number of anilines is 2. The zero-order valence-corrected chi connectivity index (χ0v) is 30.1. The van der Waals surface area contributed by atoms with Crippen LogP contribution in [0, 0.1) is 23.7 Å². The third-order valence-corrected chi connectivity index (χ3v) is 14.1. The van der Waals surface area contributed by atoms with Gasteiger partial charge in [-0.25, -0.2) is 28.5 Å². The summed E-state index contributed by atoms with van der Waals surface area (Å²) in [5.74, 6) is -7.13. The fourth-order valence-electron chi connectivity index (χ4n) is 11.7. The van der Waals surface area contributed by atoms with E-state index >= 15 is 8.78 Å². The molecule has 1 amide bonds. The highest BCUT2D eigenvalue weighted by Gasteiger charge is 2.62. The van der Waals surface area contributed by atoms with Gasteiger partial charge in [0.2, 0.25) is 11.8 Å². The van der Waals surface area contributed by atoms with Gasteiger partial charge in [0.15, 0.2) is 0 Å². The molecule has 0 atom stereocenters. The molecule has 14 heteroatoms. The smallest absolute Gasteiger partial charge is 0.330 e. The van der Waals surface area contributed by atoms with E-state index in [9.17, 15) is 23.5 Å². The van der Waals surface area contributed by atoms with Gasteiger partial charge in [0.25, 0.3) is 17.8 Å². The van der Waals surface area contributed by atoms with Crippen molar-refractivity contribution < 1.29 is 37.0 Å². The number of aliphatic carboxylic acids is 1. The molecule has 8 aliphatic rings. The number of nitrogens with one attached hydrogen (secondary N) is 1. The highest BCUT2D eigenvalue weighted by atomic mass is 19.3. The standard InChI is InChI=1S/C39H48F4N6O4/c1-36(40,41)32-28(33(50)47-39(34(51)52)24-12-22-11-23(14-24)15-25(39)13-22)17-45-35(46-32)49-19-37(9-3-2-4-10-37)29-16-31(44-18-30(29)49)53-27-7-5-26(6-8-27)48-20-38(42,43)21-48/h16-18,22-27H,2-15,19-21H2,1H3,(H,47,50)(H,51,52)/t22?,23?,24?,25?,26-,27-,39?. The Labute approximate surface area is 306 Å². The van der Waals surface area contributed by atoms with Crippen LogP contribution >= 0.6 is 0 Å². The van der Waals surface area contributed by atoms with Gasteiger partial charge in [-0.05, 0) is 99.9 Å². The van der Waals surface area contributed by atoms with Crippen molar-refractivity contribution in [1.29, 1.82) is 0 Å². The van der Waals surface area contributed by atoms with Crippen LogP contribution in [0.1, 0.15) is 118 Å². The number of ether oxygens (including phenoxy) is 1. The van der Waals surface area contributed by atoms with E-state index in [1.165, 1.54) is 0 Å². The van der Waals surface area contributed by atoms with Crippen LogP contribution in [0.5, 0.6) is 5.88 Å². The van der Waals surface area contributed by atoms with Gasteiger partial charge in [0, 0.05) is 37.2 Å². The molecule has 10 rings (SSSR count). The Morgan fingerprint density at radius 3 is 2.19 bits per heavy atom. The first-order valence-corrected chi connectivity index (χ1v) is 19.6. The minimum Gasteiger partial charge on any atom is -0.479 e. The number of carboxylic acid groups (broad SMARTS) is 1. The second-order valence-electron chi connectivity index (χ2n) is 17.5. The number of halogens is 4. The second-order valence-corrected chi connectivity index (χ2v) is 17.5. The van der Waals surface area contributed by atoms with Crippen molar-refractivity contribution >= 4 is 23.5 Å². The van der Waals surface area contributed by atoms with Crippen molar-refractivity contribution in [3.63, 3.8) is 0 Å². The van der Waals surface area contributed by atoms with Gasteiger partial charge in [-0.3, -0.25) is 9.69 Å². The first kappa shape index (κ1) is 35.2. The summed E-state index contributed by atoms with van der Waals surface area (Å²) in [6.45, 7) is 0.827. The number of hydrogen-bond acceptors (Lipinski definition) is 8. The lowest BCUT2D eigenvalue weighted by Crippen LogP contribution is -2.70. The molecule has 2 aliphatic heterocycles. The van der Waals surface area contributed by atoms with Crippen LogP contribution in [0.25, 0.3) is 0 Å². The molecule has 4 bridgehead atoms. The molecule has 0 unspecified atom stereocenters. The SMILES string of the molecule is CC(F)(F)c1nc(N2CC3(CCCCC3)c3cc(O[C@H]4CC[C@H](N5CC(F)(F)C5)CC4)ncc32)ncc1C(=O)NC1(C(=O)O)C2CC3CC(C2)CC1C3. The molecule has 10 nitrogen and oxygen atoms in total. The topological polar surface area (TPSA) is 121 Å². The number of fused-ring (bicyclic) bond motifs is 2. The first-order chi connectivity index (χ1) is 25.2. The monoisotopic (exact) mass is 740 g/mol. The minimum absolute atomic E-state index is 0.0368. The van der Waals surface area contributed by atoms with Crippen LogP contribution < -0.4 is 15.0 Å². The van der Waals surface area contributed by atoms with E-state index in [2.05, 4.69) is 20.3 Å². The zero-order chi connectivity index (χ0) is 36.9. The maximum Gasteiger partial charge on any atom is 0.330 e. The van der Waals surface area contributed by atoms with Gasteiger partial charge < -0.3 is 20.1 Å². The minimum atomic E-state index is -3.51. The summed E-state index contributed by atoms with van der Waals surface area (Å²) >= 11 is 0. The van der Waals surface area contributed by atoms with Crippen molar-refractivity contribution in [2.24, 2.45) is 23.7 Å². The van der Waals surface area contributed by atoms with Crippen molar-refractivity contribution in [3.8, 4) is 5.88 Å². The number of carboxylic acids is 1. The van der Waals surface area contributed by atoms with Crippen molar-refractivity contribution in [3.05, 3.63) is 35.3 Å². The Kier molecular flexibility index (Phi) is 8.29. The molecular weight excluding hydrogens is 692 g/mol. The number of carbonyl (C=O) groups excluding carboxylic acids is 1. The average molecular weight is 741 g/mol. The van der Waals surface area contributed by atoms with E-state index in [0.717, 1.165) is 76.0 Å². The summed E-state index contributed by atoms with van der Waals surface area (Å²) in [6.07, 6.45) is 14.7. The van der Waals surface area contributed by atoms with Gasteiger partial charge in [0.1, 0.15) is 17.3 Å². The summed E-state index contributed by atoms with van der Waals surface area (Å²) in [4.78, 5) is 44.1. The molecule has 0 aromatic carbocycles. The molecular formula is C39H48F4N6O4. The van der Waals surface area contributed by atoms with Crippen molar-refractivity contribution in [2.45, 2.75) is 132 Å². The van der Waals surface area contributed by atoms with E-state index in [0.29, 0.717) is 62.6 Å². The number of pyridine rings is 1. The Bertz CT molecular complexity index is 1750. The summed E-state index contributed by atoms with van der Waals surface area (Å²) in [7, 11) is 0. The lowest BCUT2D eigenvalue weighted by molar-refractivity contribution is -0.163. The molecule has 6 aliphatic carbocycles. The molecule has 53 heavy (non-hydrogen) atoms. The first-order valence-electron chi connectivity index (χ1n) is 19.6. The van der Waals surface area contributed by atoms with Gasteiger partial charge in [-0.1, -0.05) is 19.3 Å². The average Bonchev–Trinajstić information content (AvgIpc) is 3.40. The molecule has 2 aromatic rings. The number of rotatable bonds is 8. The number of likely N-dealkylation sites (tertiary alicyclic amines) is 1. The van der Waals surface area contributed by atoms with Crippen LogP contribution in [-0.2, 0) is 16.1 Å². The molecule has 4 heterocycles. The summed E-state index contributed by atoms with van der Waals surface area (Å²) in [5, 5.41) is 13.3. The quantitative estimate of drug-likeness (QED) is 0.276. The summed E-state index contributed by atoms with van der Waals surface area (Å²) in [5.41, 5.74) is -1.21. The fourth-order valence-corrected chi connectivity index (χ4v) is 11.7. The zero-order valence-electron chi connectivity index (χ0n) is 30.1. The number of aromatic nitrogens is 3. The molecule has 1 spiro atoms. The number of nitrogens with zero attached hydrogens (tertiary/aromatic N) is 5. The van der Waals surface area contributed by atoms with Crippen molar-refractivity contribution in [1.82, 2.24) is 25.2 Å². The largest absolute Gasteiger partial charge is 0.479 e. The molecule has 2 aromatic heterocycles. The van der Waals surface area contributed by atoms with Crippen LogP contribution in [0.4, 0.5) is 29.2 Å². The Morgan fingerprint density at radius 1 is 0.925 bits per heavy atom. The maximum atomic E-state index is 15.4. The Morgan fingerprint density at radius 2 is 1.58 bits per heavy atom. The number of hydrogen-bond donors (Lipinski definition) is 2. The molecule has 7 fully saturated rings. The Hall–Kier alpha value is -3.55. The fraction of sp³-hybridized carbons (Fsp3) is 0.718. The molecule has 1 saturated heterocycles. The highest BCUT2D eigenvalue weighted by molar-refractivity contribution is 5.99. The van der Waals surface area contributed by atoms with Gasteiger partial charge in [-0.15, -0.1) is 0 Å². The lowest BCUT2D eigenvalue weighted by Gasteiger charge is -2.59. The predicted molar refractivity (Wildman–Crippen MR) is 186 cm³/mol. The van der Waals surface area contributed by atoms with E-state index in [-0.39, 0.29) is 48.4 Å². The van der Waals surface area contributed by atoms with E-state index < -0.39 is 40.5 Å². The van der Waals surface area contributed by atoms with E-state index in [1.54, 1.807) is 6.20 Å². The van der Waals surface area contributed by atoms with E-state index in [4.69, 9.17) is 4.74 Å². The summed E-state index contributed by atoms with van der Waals surface area (Å²) in [6, 6.07) is 2.12. The normalized spacial score (nSPS) is 34.1. The second kappa shape index (κ2) is 12.5. The van der Waals surface area contributed by atoms with E-state index in [1.807, 2.05) is 15.9 Å². The third-order valence-electron chi connectivity index (χ3n) is 14.1. The number of carbonyl (C=O) groups is 2. The third kappa shape index (κ3) is 5.96. The highest BCUT2D eigenvalue weighted by Crippen LogP contribution is 2.59. The van der Waals surface area contributed by atoms with Crippen molar-refractivity contribution in [2.75, 3.05) is 24.5 Å². The van der Waals surface area contributed by atoms with Gasteiger partial charge in [0.05, 0.1) is 30.5 Å². The lowest BCUT2D eigenvalue weighted by atomic mass is 9.48. The molecule has 286 valence electrons. The van der Waals surface area contributed by atoms with Gasteiger partial charge >= 0.3 is 5.97 Å². The summed E-state index contributed by atoms with van der Waals surface area (Å²) < 4.78 is 64.1. The number of amides is 1. The Balaban J connectivity index is 0.976. The number of alkyl halides is 4. The van der Waals surface area contributed by atoms with Crippen LogP contribution in [0.2, 0.25) is 0 Å². The maximum absolute atomic E-state index is 15.4. The molecule has 2 N–H and O–H groups in total. The molecule has 0 radical (unpaired) electrons. The van der Waals surface area contributed by atoms with Crippen LogP contribution in [0.3, 0.4) is 0 Å².